The first-order valence-corrected chi connectivity index (χ1v) is 7.62. The zero-order chi connectivity index (χ0) is 15.6. The fourth-order valence-electron chi connectivity index (χ4n) is 1.74. The summed E-state index contributed by atoms with van der Waals surface area (Å²) in [5, 5.41) is 14.6. The lowest BCUT2D eigenvalue weighted by Crippen LogP contribution is -2.13. The van der Waals surface area contributed by atoms with E-state index in [1.165, 1.54) is 35.3 Å². The molecule has 0 atom stereocenters. The second-order valence-corrected chi connectivity index (χ2v) is 6.08. The van der Waals surface area contributed by atoms with Crippen molar-refractivity contribution in [1.82, 2.24) is 9.78 Å². The standard InChI is InChI=1S/C12H14N4O4S/c1-3-15-8-11(7-13-15)21(19,20)14-12-5-4-10(16(17)18)6-9(12)2/h4-8,14H,3H2,1-2H3. The highest BCUT2D eigenvalue weighted by molar-refractivity contribution is 7.92. The van der Waals surface area contributed by atoms with Crippen molar-refractivity contribution in [3.05, 3.63) is 46.3 Å². The van der Waals surface area contributed by atoms with Crippen LogP contribution in [0.15, 0.2) is 35.5 Å². The molecule has 21 heavy (non-hydrogen) atoms. The molecule has 0 saturated carbocycles. The molecule has 0 fully saturated rings. The number of hydrogen-bond donors (Lipinski definition) is 1. The molecule has 0 aliphatic heterocycles. The monoisotopic (exact) mass is 310 g/mol. The number of nitrogens with one attached hydrogen (secondary N) is 1. The number of benzene rings is 1. The summed E-state index contributed by atoms with van der Waals surface area (Å²) in [6.45, 7) is 4.00. The first kappa shape index (κ1) is 15.0. The highest BCUT2D eigenvalue weighted by atomic mass is 32.2. The van der Waals surface area contributed by atoms with Crippen LogP contribution in [0.5, 0.6) is 0 Å². The summed E-state index contributed by atoms with van der Waals surface area (Å²) >= 11 is 0. The Morgan fingerprint density at radius 1 is 1.43 bits per heavy atom. The molecule has 0 amide bonds. The first-order valence-electron chi connectivity index (χ1n) is 6.14. The van der Waals surface area contributed by atoms with E-state index in [1.807, 2.05) is 6.92 Å². The lowest BCUT2D eigenvalue weighted by Gasteiger charge is -2.08. The van der Waals surface area contributed by atoms with Gasteiger partial charge in [0.15, 0.2) is 0 Å². The summed E-state index contributed by atoms with van der Waals surface area (Å²) in [5.41, 5.74) is 0.676. The summed E-state index contributed by atoms with van der Waals surface area (Å²) in [6, 6.07) is 3.93. The normalized spacial score (nSPS) is 11.3. The third kappa shape index (κ3) is 3.19. The molecule has 1 aromatic carbocycles. The van der Waals surface area contributed by atoms with E-state index in [4.69, 9.17) is 0 Å². The SMILES string of the molecule is CCn1cc(S(=O)(=O)Nc2ccc([N+](=O)[O-])cc2C)cn1. The Kier molecular flexibility index (Phi) is 3.94. The molecule has 112 valence electrons. The van der Waals surface area contributed by atoms with E-state index in [9.17, 15) is 18.5 Å². The van der Waals surface area contributed by atoms with Gasteiger partial charge in [0.1, 0.15) is 4.90 Å². The van der Waals surface area contributed by atoms with Crippen molar-refractivity contribution in [3.8, 4) is 0 Å². The molecule has 1 heterocycles. The summed E-state index contributed by atoms with van der Waals surface area (Å²) in [7, 11) is -3.76. The molecular formula is C12H14N4O4S. The Hall–Kier alpha value is -2.42. The Labute approximate surface area is 121 Å². The fourth-order valence-corrected chi connectivity index (χ4v) is 2.82. The van der Waals surface area contributed by atoms with Gasteiger partial charge in [0.05, 0.1) is 16.8 Å². The average molecular weight is 310 g/mol. The summed E-state index contributed by atoms with van der Waals surface area (Å²) in [5.74, 6) is 0. The number of aryl methyl sites for hydroxylation is 2. The van der Waals surface area contributed by atoms with Crippen molar-refractivity contribution >= 4 is 21.4 Å². The van der Waals surface area contributed by atoms with E-state index in [0.29, 0.717) is 17.8 Å². The second kappa shape index (κ2) is 5.52. The van der Waals surface area contributed by atoms with Crippen LogP contribution in [0.2, 0.25) is 0 Å². The minimum atomic E-state index is -3.76. The van der Waals surface area contributed by atoms with Gasteiger partial charge in [-0.05, 0) is 25.5 Å². The van der Waals surface area contributed by atoms with E-state index in [0.717, 1.165) is 0 Å². The van der Waals surface area contributed by atoms with Gasteiger partial charge in [-0.1, -0.05) is 0 Å². The van der Waals surface area contributed by atoms with Crippen LogP contribution in [-0.2, 0) is 16.6 Å². The van der Waals surface area contributed by atoms with Gasteiger partial charge in [0.2, 0.25) is 0 Å². The predicted octanol–water partition coefficient (Wildman–Crippen LogP) is 1.92. The Balaban J connectivity index is 2.30. The molecule has 0 unspecified atom stereocenters. The van der Waals surface area contributed by atoms with Gasteiger partial charge in [-0.2, -0.15) is 5.10 Å². The van der Waals surface area contributed by atoms with Crippen molar-refractivity contribution in [2.75, 3.05) is 4.72 Å². The van der Waals surface area contributed by atoms with Crippen LogP contribution in [0, 0.1) is 17.0 Å². The van der Waals surface area contributed by atoms with Crippen molar-refractivity contribution in [1.29, 1.82) is 0 Å². The third-order valence-corrected chi connectivity index (χ3v) is 4.23. The van der Waals surface area contributed by atoms with Gasteiger partial charge in [0, 0.05) is 24.9 Å². The molecule has 0 aliphatic carbocycles. The van der Waals surface area contributed by atoms with Gasteiger partial charge < -0.3 is 0 Å². The maximum absolute atomic E-state index is 12.2. The van der Waals surface area contributed by atoms with E-state index < -0.39 is 14.9 Å². The Morgan fingerprint density at radius 3 is 2.67 bits per heavy atom. The van der Waals surface area contributed by atoms with E-state index in [1.54, 1.807) is 6.92 Å². The lowest BCUT2D eigenvalue weighted by molar-refractivity contribution is -0.384. The van der Waals surface area contributed by atoms with Gasteiger partial charge in [-0.25, -0.2) is 8.42 Å². The quantitative estimate of drug-likeness (QED) is 0.670. The minimum absolute atomic E-state index is 0.0436. The molecule has 0 spiro atoms. The summed E-state index contributed by atoms with van der Waals surface area (Å²) < 4.78 is 28.3. The van der Waals surface area contributed by atoms with Gasteiger partial charge in [-0.15, -0.1) is 0 Å². The number of sulfonamides is 1. The Morgan fingerprint density at radius 2 is 2.14 bits per heavy atom. The van der Waals surface area contributed by atoms with Crippen molar-refractivity contribution in [2.45, 2.75) is 25.3 Å². The third-order valence-electron chi connectivity index (χ3n) is 2.91. The lowest BCUT2D eigenvalue weighted by atomic mass is 10.2. The number of nitro groups is 1. The number of nitrogens with zero attached hydrogens (tertiary/aromatic N) is 3. The number of nitro benzene ring substituents is 1. The first-order chi connectivity index (χ1) is 9.83. The summed E-state index contributed by atoms with van der Waals surface area (Å²) in [4.78, 5) is 10.2. The Bertz CT molecular complexity index is 782. The van der Waals surface area contributed by atoms with Crippen LogP contribution in [0.3, 0.4) is 0 Å². The number of non-ortho nitro benzene ring substituents is 1. The minimum Gasteiger partial charge on any atom is -0.279 e. The highest BCUT2D eigenvalue weighted by Gasteiger charge is 2.18. The van der Waals surface area contributed by atoms with E-state index in [2.05, 4.69) is 9.82 Å². The van der Waals surface area contributed by atoms with Crippen LogP contribution in [0.4, 0.5) is 11.4 Å². The van der Waals surface area contributed by atoms with Gasteiger partial charge in [-0.3, -0.25) is 19.5 Å². The molecule has 0 saturated heterocycles. The number of hydrogen-bond acceptors (Lipinski definition) is 5. The van der Waals surface area contributed by atoms with Crippen LogP contribution < -0.4 is 4.72 Å². The summed E-state index contributed by atoms with van der Waals surface area (Å²) in [6.07, 6.45) is 2.68. The van der Waals surface area contributed by atoms with Crippen LogP contribution in [0.1, 0.15) is 12.5 Å². The van der Waals surface area contributed by atoms with Crippen LogP contribution in [-0.4, -0.2) is 23.1 Å². The smallest absolute Gasteiger partial charge is 0.269 e. The van der Waals surface area contributed by atoms with Gasteiger partial charge >= 0.3 is 0 Å². The number of rotatable bonds is 5. The fraction of sp³-hybridized carbons (Fsp3) is 0.250. The van der Waals surface area contributed by atoms with Crippen molar-refractivity contribution < 1.29 is 13.3 Å². The topological polar surface area (TPSA) is 107 Å². The van der Waals surface area contributed by atoms with Crippen LogP contribution in [0.25, 0.3) is 0 Å². The molecule has 0 bridgehead atoms. The maximum Gasteiger partial charge on any atom is 0.269 e. The molecule has 0 radical (unpaired) electrons. The zero-order valence-electron chi connectivity index (χ0n) is 11.5. The number of anilines is 1. The molecule has 9 heteroatoms. The largest absolute Gasteiger partial charge is 0.279 e. The molecular weight excluding hydrogens is 296 g/mol. The number of aromatic nitrogens is 2. The van der Waals surface area contributed by atoms with Crippen molar-refractivity contribution in [2.24, 2.45) is 0 Å². The molecule has 2 rings (SSSR count). The molecule has 1 aromatic heterocycles. The molecule has 1 N–H and O–H groups in total. The predicted molar refractivity (Wildman–Crippen MR) is 76.5 cm³/mol. The van der Waals surface area contributed by atoms with E-state index >= 15 is 0 Å². The van der Waals surface area contributed by atoms with Gasteiger partial charge in [0.25, 0.3) is 15.7 Å². The van der Waals surface area contributed by atoms with Crippen molar-refractivity contribution in [3.63, 3.8) is 0 Å². The highest BCUT2D eigenvalue weighted by Crippen LogP contribution is 2.23. The second-order valence-electron chi connectivity index (χ2n) is 4.39. The molecule has 2 aromatic rings. The zero-order valence-corrected chi connectivity index (χ0v) is 12.3. The van der Waals surface area contributed by atoms with E-state index in [-0.39, 0.29) is 10.6 Å². The maximum atomic E-state index is 12.2. The molecule has 8 nitrogen and oxygen atoms in total. The average Bonchev–Trinajstić information content (AvgIpc) is 2.90. The molecule has 0 aliphatic rings. The van der Waals surface area contributed by atoms with Crippen LogP contribution >= 0.6 is 0 Å².